The lowest BCUT2D eigenvalue weighted by Crippen LogP contribution is -2.49. The van der Waals surface area contributed by atoms with Crippen molar-refractivity contribution in [3.8, 4) is 22.6 Å². The molecule has 1 aliphatic heterocycles. The van der Waals surface area contributed by atoms with E-state index in [0.29, 0.717) is 51.0 Å². The summed E-state index contributed by atoms with van der Waals surface area (Å²) >= 11 is 0. The van der Waals surface area contributed by atoms with E-state index in [1.807, 2.05) is 39.2 Å². The number of ether oxygens (including phenoxy) is 2. The lowest BCUT2D eigenvalue weighted by molar-refractivity contribution is -0.273. The first-order chi connectivity index (χ1) is 18.0. The highest BCUT2D eigenvalue weighted by molar-refractivity contribution is 6.64. The van der Waals surface area contributed by atoms with Gasteiger partial charge in [0.25, 0.3) is 5.91 Å². The van der Waals surface area contributed by atoms with Crippen LogP contribution in [-0.2, 0) is 6.54 Å². The van der Waals surface area contributed by atoms with Gasteiger partial charge >= 0.3 is 6.36 Å². The smallest absolute Gasteiger partial charge is 0.503 e. The van der Waals surface area contributed by atoms with E-state index in [-0.39, 0.29) is 18.2 Å². The van der Waals surface area contributed by atoms with E-state index in [1.54, 1.807) is 54.7 Å². The van der Waals surface area contributed by atoms with E-state index in [0.717, 1.165) is 22.1 Å². The van der Waals surface area contributed by atoms with E-state index in [1.165, 1.54) is 0 Å². The van der Waals surface area contributed by atoms with Crippen molar-refractivity contribution in [2.24, 2.45) is 0 Å². The molecule has 0 saturated heterocycles. The molecule has 0 fully saturated rings. The number of alkyl halides is 3. The largest absolute Gasteiger partial charge is 0.573 e. The summed E-state index contributed by atoms with van der Waals surface area (Å²) in [6.07, 6.45) is -1.52. The van der Waals surface area contributed by atoms with Crippen LogP contribution in [0.5, 0.6) is 11.5 Å². The first-order valence-corrected chi connectivity index (χ1v) is 12.8. The number of hydrogen-bond donors (Lipinski definition) is 0. The van der Waals surface area contributed by atoms with Crippen molar-refractivity contribution >= 4 is 115 Å². The fraction of sp³-hybridized carbons (Fsp3) is 0.190. The predicted molar refractivity (Wildman–Crippen MR) is 173 cm³/mol. The Kier molecular flexibility index (Phi) is 7.55. The Labute approximate surface area is 234 Å². The third-order valence-electron chi connectivity index (χ3n) is 7.68. The second-order valence-electron chi connectivity index (χ2n) is 10.9. The molecule has 39 heavy (non-hydrogen) atoms. The summed E-state index contributed by atoms with van der Waals surface area (Å²) in [5.41, 5.74) is 6.64. The van der Waals surface area contributed by atoms with Crippen molar-refractivity contribution in [2.45, 2.75) is 18.3 Å². The van der Waals surface area contributed by atoms with E-state index in [2.05, 4.69) is 14.7 Å². The summed E-state index contributed by atoms with van der Waals surface area (Å²) in [5, 5.41) is -0.684. The number of fused-ring (bicyclic) bond motifs is 1. The summed E-state index contributed by atoms with van der Waals surface area (Å²) in [5.74, 6) is 0.662. The second kappa shape index (κ2) is 10.2. The quantitative estimate of drug-likeness (QED) is 0.319. The van der Waals surface area contributed by atoms with Gasteiger partial charge in [0.2, 0.25) is 0 Å². The molecule has 0 aliphatic carbocycles. The van der Waals surface area contributed by atoms with Gasteiger partial charge in [-0.2, -0.15) is 0 Å². The number of carbonyl (C=O) groups excluding carboxylic acids is 1. The Morgan fingerprint density at radius 1 is 0.846 bits per heavy atom. The molecule has 3 aromatic rings. The SMILES string of the molecule is Bc1c(B)c(-c2c(B)c(B)c3c(c2B)C(=O)N(Cc2ncccn2)CC(B)(B)O3)c(B)c(B)c1OC(F)(F)F. The van der Waals surface area contributed by atoms with Gasteiger partial charge in [-0.25, -0.2) is 9.97 Å². The van der Waals surface area contributed by atoms with Crippen LogP contribution in [0.4, 0.5) is 13.2 Å². The Bertz CT molecular complexity index is 1460. The van der Waals surface area contributed by atoms with Crippen molar-refractivity contribution in [1.29, 1.82) is 0 Å². The standard InChI is InChI=1S/C21H25B9F3N3O3/c22-10-7(8-12(24)15(27)18(16(28)13(8)25)39-21(31,32)33)11(23)14(26)17-9(10)19(37)36(5-20(29,30)38-17)4-6-34-2-1-3-35-6/h1-3H,4-5,22-30H2. The molecule has 0 bridgehead atoms. The number of benzene rings is 2. The Morgan fingerprint density at radius 2 is 1.36 bits per heavy atom. The average Bonchev–Trinajstić information content (AvgIpc) is 2.94. The summed E-state index contributed by atoms with van der Waals surface area (Å²) in [6.45, 7) is 0.541. The fourth-order valence-corrected chi connectivity index (χ4v) is 5.51. The van der Waals surface area contributed by atoms with Crippen LogP contribution >= 0.6 is 0 Å². The van der Waals surface area contributed by atoms with E-state index in [9.17, 15) is 18.0 Å². The van der Waals surface area contributed by atoms with Gasteiger partial charge in [0.1, 0.15) is 87.9 Å². The van der Waals surface area contributed by atoms with Gasteiger partial charge in [-0.1, -0.05) is 38.2 Å². The van der Waals surface area contributed by atoms with Gasteiger partial charge in [-0.15, -0.1) is 13.2 Å². The molecule has 18 heteroatoms. The van der Waals surface area contributed by atoms with Crippen LogP contribution in [0.15, 0.2) is 18.5 Å². The summed E-state index contributed by atoms with van der Waals surface area (Å²) < 4.78 is 50.5. The van der Waals surface area contributed by atoms with Crippen molar-refractivity contribution in [3.05, 3.63) is 29.8 Å². The number of amides is 1. The van der Waals surface area contributed by atoms with Gasteiger partial charge in [0.05, 0.1) is 17.5 Å². The normalized spacial score (nSPS) is 14.8. The molecular weight excluding hydrogens is 497 g/mol. The van der Waals surface area contributed by atoms with Crippen LogP contribution in [0.3, 0.4) is 0 Å². The Morgan fingerprint density at radius 3 is 1.90 bits per heavy atom. The second-order valence-corrected chi connectivity index (χ2v) is 10.9. The van der Waals surface area contributed by atoms with Crippen molar-refractivity contribution in [1.82, 2.24) is 14.9 Å². The first kappa shape index (κ1) is 29.0. The molecule has 2 aromatic carbocycles. The minimum absolute atomic E-state index is 0.182. The number of halogens is 3. The zero-order valence-electron chi connectivity index (χ0n) is 23.8. The summed E-state index contributed by atoms with van der Waals surface area (Å²) in [7, 11) is 16.5. The van der Waals surface area contributed by atoms with Crippen LogP contribution in [0.25, 0.3) is 11.1 Å². The van der Waals surface area contributed by atoms with Gasteiger partial charge in [0.15, 0.2) is 0 Å². The van der Waals surface area contributed by atoms with E-state index >= 15 is 0 Å². The minimum Gasteiger partial charge on any atom is -0.503 e. The van der Waals surface area contributed by atoms with Crippen molar-refractivity contribution in [2.75, 3.05) is 6.54 Å². The van der Waals surface area contributed by atoms with Gasteiger partial charge in [-0.05, 0) is 17.2 Å². The molecule has 4 rings (SSSR count). The minimum atomic E-state index is -4.80. The molecule has 1 amide bonds. The number of nitrogens with zero attached hydrogens (tertiary/aromatic N) is 3. The lowest BCUT2D eigenvalue weighted by atomic mass is 9.60. The Hall–Kier alpha value is -3.04. The number of hydrogen-bond acceptors (Lipinski definition) is 5. The molecule has 2 heterocycles. The topological polar surface area (TPSA) is 64.6 Å². The van der Waals surface area contributed by atoms with Crippen molar-refractivity contribution < 1.29 is 27.4 Å². The lowest BCUT2D eigenvalue weighted by Gasteiger charge is -2.30. The van der Waals surface area contributed by atoms with Crippen LogP contribution in [0, 0.1) is 0 Å². The number of rotatable bonds is 4. The maximum Gasteiger partial charge on any atom is 0.573 e. The molecule has 6 nitrogen and oxygen atoms in total. The monoisotopic (exact) mass is 523 g/mol. The van der Waals surface area contributed by atoms with Gasteiger partial charge in [-0.3, -0.25) is 4.79 Å². The number of carbonyl (C=O) groups is 1. The third-order valence-corrected chi connectivity index (χ3v) is 7.68. The average molecular weight is 522 g/mol. The number of aromatic nitrogens is 2. The molecule has 1 aromatic heterocycles. The Balaban J connectivity index is 1.97. The van der Waals surface area contributed by atoms with Crippen LogP contribution < -0.4 is 47.7 Å². The maximum atomic E-state index is 14.2. The fourth-order valence-electron chi connectivity index (χ4n) is 5.51. The van der Waals surface area contributed by atoms with E-state index < -0.39 is 11.8 Å². The molecule has 190 valence electrons. The highest BCUT2D eigenvalue weighted by atomic mass is 19.4. The summed E-state index contributed by atoms with van der Waals surface area (Å²) in [4.78, 5) is 24.5. The zero-order valence-corrected chi connectivity index (χ0v) is 23.8. The molecular formula is C21H25B9F3N3O3. The molecule has 1 aliphatic rings. The van der Waals surface area contributed by atoms with Gasteiger partial charge in [0, 0.05) is 18.9 Å². The third kappa shape index (κ3) is 5.39. The molecule has 0 unspecified atom stereocenters. The molecule has 0 saturated carbocycles. The molecule has 0 N–H and O–H groups in total. The van der Waals surface area contributed by atoms with Crippen LogP contribution in [-0.4, -0.2) is 110 Å². The summed E-state index contributed by atoms with van der Waals surface area (Å²) in [6, 6.07) is 1.72. The molecule has 0 spiro atoms. The molecule has 0 atom stereocenters. The van der Waals surface area contributed by atoms with E-state index in [4.69, 9.17) is 4.74 Å². The van der Waals surface area contributed by atoms with Crippen molar-refractivity contribution in [3.63, 3.8) is 0 Å². The maximum absolute atomic E-state index is 14.2. The van der Waals surface area contributed by atoms with Crippen LogP contribution in [0.1, 0.15) is 16.2 Å². The predicted octanol–water partition coefficient (Wildman–Crippen LogP) is -10.2. The van der Waals surface area contributed by atoms with Crippen LogP contribution in [0.2, 0.25) is 0 Å². The zero-order chi connectivity index (χ0) is 29.0. The highest BCUT2D eigenvalue weighted by Gasteiger charge is 2.38. The first-order valence-electron chi connectivity index (χ1n) is 12.8. The highest BCUT2D eigenvalue weighted by Crippen LogP contribution is 2.27. The van der Waals surface area contributed by atoms with Gasteiger partial charge < -0.3 is 14.4 Å². The molecule has 0 radical (unpaired) electrons.